The van der Waals surface area contributed by atoms with Crippen LogP contribution in [0.1, 0.15) is 32.2 Å². The predicted molar refractivity (Wildman–Crippen MR) is 91.0 cm³/mol. The average molecular weight is 375 g/mol. The molecule has 0 aliphatic carbocycles. The molecule has 26 heavy (non-hydrogen) atoms. The number of nitrogens with zero attached hydrogens (tertiary/aromatic N) is 2. The van der Waals surface area contributed by atoms with E-state index < -0.39 is 11.7 Å². The molecule has 0 atom stereocenters. The topological polar surface area (TPSA) is 124 Å². The second-order valence-corrected chi connectivity index (χ2v) is 6.34. The molecule has 0 saturated carbocycles. The molecule has 0 aliphatic heterocycles. The van der Waals surface area contributed by atoms with Crippen LogP contribution in [0.25, 0.3) is 0 Å². The van der Waals surface area contributed by atoms with Crippen LogP contribution in [-0.2, 0) is 38.8 Å². The molecule has 1 rings (SSSR count). The molecule has 0 aliphatic rings. The lowest BCUT2D eigenvalue weighted by molar-refractivity contribution is -0.0331. The van der Waals surface area contributed by atoms with Crippen LogP contribution in [0.4, 0.5) is 4.79 Å². The first-order valence-electron chi connectivity index (χ1n) is 8.39. The van der Waals surface area contributed by atoms with E-state index in [1.165, 1.54) is 0 Å². The van der Waals surface area contributed by atoms with E-state index in [1.807, 2.05) is 0 Å². The van der Waals surface area contributed by atoms with E-state index in [0.717, 1.165) is 0 Å². The summed E-state index contributed by atoms with van der Waals surface area (Å²) in [5, 5.41) is 22.4. The highest BCUT2D eigenvalue weighted by atomic mass is 16.7. The van der Waals surface area contributed by atoms with Crippen molar-refractivity contribution in [1.82, 2.24) is 15.3 Å². The Hall–Kier alpha value is -1.72. The van der Waals surface area contributed by atoms with Crippen LogP contribution >= 0.6 is 0 Å². The maximum atomic E-state index is 11.3. The van der Waals surface area contributed by atoms with Gasteiger partial charge in [-0.1, -0.05) is 0 Å². The van der Waals surface area contributed by atoms with E-state index in [9.17, 15) is 9.90 Å². The Balaban J connectivity index is 1.98. The Morgan fingerprint density at radius 1 is 1.12 bits per heavy atom. The third kappa shape index (κ3) is 9.68. The molecule has 1 aromatic heterocycles. The number of aliphatic hydroxyl groups excluding tert-OH is 2. The normalized spacial score (nSPS) is 11.6. The summed E-state index contributed by atoms with van der Waals surface area (Å²) in [7, 11) is 0. The van der Waals surface area contributed by atoms with Crippen LogP contribution in [0.5, 0.6) is 0 Å². The number of hydrogen-bond acceptors (Lipinski definition) is 8. The van der Waals surface area contributed by atoms with Gasteiger partial charge in [0, 0.05) is 0 Å². The number of hydroxylamine groups is 1. The van der Waals surface area contributed by atoms with Crippen LogP contribution in [-0.4, -0.2) is 64.7 Å². The summed E-state index contributed by atoms with van der Waals surface area (Å²) in [6.45, 7) is 7.11. The first-order valence-corrected chi connectivity index (χ1v) is 8.39. The van der Waals surface area contributed by atoms with Gasteiger partial charge in [0.05, 0.1) is 64.2 Å². The average Bonchev–Trinajstić information content (AvgIpc) is 2.97. The summed E-state index contributed by atoms with van der Waals surface area (Å²) < 4.78 is 17.3. The van der Waals surface area contributed by atoms with Crippen molar-refractivity contribution >= 4 is 6.09 Å². The van der Waals surface area contributed by atoms with Gasteiger partial charge in [0.2, 0.25) is 0 Å². The Morgan fingerprint density at radius 2 is 1.77 bits per heavy atom. The van der Waals surface area contributed by atoms with E-state index in [0.29, 0.717) is 44.4 Å². The van der Waals surface area contributed by atoms with Crippen LogP contribution in [0.3, 0.4) is 0 Å². The highest BCUT2D eigenvalue weighted by Crippen LogP contribution is 2.06. The third-order valence-electron chi connectivity index (χ3n) is 2.94. The second kappa shape index (κ2) is 11.8. The number of ether oxygens (including phenoxy) is 3. The third-order valence-corrected chi connectivity index (χ3v) is 2.94. The zero-order chi connectivity index (χ0) is 19.4. The van der Waals surface area contributed by atoms with Crippen LogP contribution in [0.2, 0.25) is 0 Å². The first kappa shape index (κ1) is 22.3. The van der Waals surface area contributed by atoms with Crippen molar-refractivity contribution in [2.24, 2.45) is 0 Å². The first-order chi connectivity index (χ1) is 12.4. The lowest BCUT2D eigenvalue weighted by Crippen LogP contribution is -2.33. The maximum Gasteiger partial charge on any atom is 0.431 e. The summed E-state index contributed by atoms with van der Waals surface area (Å²) in [4.78, 5) is 16.2. The van der Waals surface area contributed by atoms with Crippen molar-refractivity contribution < 1.29 is 34.1 Å². The molecule has 3 N–H and O–H groups in total. The fourth-order valence-electron chi connectivity index (χ4n) is 1.90. The number of carbonyl (C=O) groups excluding carboxylic acids is 1. The van der Waals surface area contributed by atoms with E-state index in [4.69, 9.17) is 24.2 Å². The van der Waals surface area contributed by atoms with E-state index in [-0.39, 0.29) is 19.8 Å². The minimum atomic E-state index is -0.647. The smallest absolute Gasteiger partial charge is 0.431 e. The lowest BCUT2D eigenvalue weighted by atomic mass is 10.2. The molecule has 150 valence electrons. The molecule has 0 radical (unpaired) electrons. The molecule has 0 unspecified atom stereocenters. The van der Waals surface area contributed by atoms with Gasteiger partial charge in [-0.25, -0.2) is 4.79 Å². The maximum absolute atomic E-state index is 11.3. The molecule has 1 amide bonds. The van der Waals surface area contributed by atoms with Gasteiger partial charge < -0.3 is 24.4 Å². The van der Waals surface area contributed by atoms with Gasteiger partial charge >= 0.3 is 6.09 Å². The van der Waals surface area contributed by atoms with Crippen molar-refractivity contribution in [1.29, 1.82) is 0 Å². The summed E-state index contributed by atoms with van der Waals surface area (Å²) in [5.74, 6) is 0. The molecule has 10 heteroatoms. The Morgan fingerprint density at radius 3 is 2.38 bits per heavy atom. The molecular weight excluding hydrogens is 346 g/mol. The standard InChI is InChI=1S/C16H29N3O7/c1-16(2,3)26-15(22)18-25-9-8-24-7-6-23-5-4-19-14(12-21)10-13(11-20)17-19/h10,20-21H,4-9,11-12H2,1-3H3,(H,18,22). The quantitative estimate of drug-likeness (QED) is 0.353. The Kier molecular flexibility index (Phi) is 10.1. The van der Waals surface area contributed by atoms with Gasteiger partial charge in [0.15, 0.2) is 0 Å². The van der Waals surface area contributed by atoms with E-state index >= 15 is 0 Å². The van der Waals surface area contributed by atoms with Crippen molar-refractivity contribution in [3.8, 4) is 0 Å². The molecule has 0 saturated heterocycles. The minimum Gasteiger partial charge on any atom is -0.442 e. The van der Waals surface area contributed by atoms with Gasteiger partial charge in [-0.3, -0.25) is 9.52 Å². The zero-order valence-corrected chi connectivity index (χ0v) is 15.6. The van der Waals surface area contributed by atoms with E-state index in [1.54, 1.807) is 31.5 Å². The lowest BCUT2D eigenvalue weighted by Gasteiger charge is -2.19. The molecule has 0 spiro atoms. The van der Waals surface area contributed by atoms with Gasteiger partial charge in [0.1, 0.15) is 5.60 Å². The number of aromatic nitrogens is 2. The molecule has 0 aromatic carbocycles. The van der Waals surface area contributed by atoms with Crippen molar-refractivity contribution in [2.75, 3.05) is 33.0 Å². The van der Waals surface area contributed by atoms with Crippen LogP contribution in [0, 0.1) is 0 Å². The fourth-order valence-corrected chi connectivity index (χ4v) is 1.90. The second-order valence-electron chi connectivity index (χ2n) is 6.34. The predicted octanol–water partition coefficient (Wildman–Crippen LogP) is 0.357. The Bertz CT molecular complexity index is 528. The Labute approximate surface area is 152 Å². The number of carbonyl (C=O) groups is 1. The van der Waals surface area contributed by atoms with E-state index in [2.05, 4.69) is 10.6 Å². The summed E-state index contributed by atoms with van der Waals surface area (Å²) in [6.07, 6.45) is -0.647. The molecule has 0 bridgehead atoms. The molecule has 10 nitrogen and oxygen atoms in total. The summed E-state index contributed by atoms with van der Waals surface area (Å²) >= 11 is 0. The summed E-state index contributed by atoms with van der Waals surface area (Å²) in [6, 6.07) is 1.65. The SMILES string of the molecule is CC(C)(C)OC(=O)NOCCOCCOCCn1nc(CO)cc1CO. The monoisotopic (exact) mass is 375 g/mol. The van der Waals surface area contributed by atoms with Gasteiger partial charge in [-0.2, -0.15) is 10.6 Å². The van der Waals surface area contributed by atoms with Gasteiger partial charge in [0.25, 0.3) is 0 Å². The number of hydrogen-bond donors (Lipinski definition) is 3. The van der Waals surface area contributed by atoms with Crippen molar-refractivity contribution in [3.63, 3.8) is 0 Å². The molecule has 1 aromatic rings. The molecule has 0 fully saturated rings. The number of rotatable bonds is 12. The van der Waals surface area contributed by atoms with Crippen molar-refractivity contribution in [2.45, 2.75) is 46.1 Å². The number of aliphatic hydroxyl groups is 2. The number of nitrogens with one attached hydrogen (secondary N) is 1. The molecular formula is C16H29N3O7. The molecule has 1 heterocycles. The largest absolute Gasteiger partial charge is 0.442 e. The number of amides is 1. The van der Waals surface area contributed by atoms with Gasteiger partial charge in [-0.15, -0.1) is 0 Å². The fraction of sp³-hybridized carbons (Fsp3) is 0.750. The van der Waals surface area contributed by atoms with Crippen molar-refractivity contribution in [3.05, 3.63) is 17.5 Å². The summed E-state index contributed by atoms with van der Waals surface area (Å²) in [5.41, 5.74) is 2.73. The van der Waals surface area contributed by atoms with Crippen LogP contribution in [0.15, 0.2) is 6.07 Å². The minimum absolute atomic E-state index is 0.145. The highest BCUT2D eigenvalue weighted by Gasteiger charge is 2.15. The van der Waals surface area contributed by atoms with Gasteiger partial charge in [-0.05, 0) is 26.8 Å². The zero-order valence-electron chi connectivity index (χ0n) is 15.6. The highest BCUT2D eigenvalue weighted by molar-refractivity contribution is 5.66. The van der Waals surface area contributed by atoms with Crippen LogP contribution < -0.4 is 5.48 Å².